The smallest absolute Gasteiger partial charge is 0.326 e. The molecule has 1 atom stereocenters. The molecule has 198 valence electrons. The van der Waals surface area contributed by atoms with Crippen molar-refractivity contribution in [3.05, 3.63) is 30.4 Å². The van der Waals surface area contributed by atoms with Crippen LogP contribution in [-0.2, 0) is 20.8 Å². The Kier molecular flexibility index (Phi) is 18.0. The number of H-pyrrole nitrogens is 1. The fourth-order valence-electron chi connectivity index (χ4n) is 3.84. The summed E-state index contributed by atoms with van der Waals surface area (Å²) in [6.07, 6.45) is 24.1. The van der Waals surface area contributed by atoms with E-state index in [-0.39, 0.29) is 25.3 Å². The highest BCUT2D eigenvalue weighted by molar-refractivity contribution is 5.84. The Morgan fingerprint density at radius 3 is 2.14 bits per heavy atom. The van der Waals surface area contributed by atoms with Crippen molar-refractivity contribution in [1.29, 1.82) is 0 Å². The Balaban J connectivity index is 1.95. The van der Waals surface area contributed by atoms with Gasteiger partial charge in [-0.05, 0) is 32.1 Å². The van der Waals surface area contributed by atoms with Crippen molar-refractivity contribution >= 4 is 17.8 Å². The molecule has 0 aliphatic heterocycles. The number of hydrogen-bond donors (Lipinski definition) is 4. The maximum atomic E-state index is 12.0. The molecule has 0 spiro atoms. The van der Waals surface area contributed by atoms with E-state index in [1.54, 1.807) is 0 Å². The molecule has 0 radical (unpaired) electrons. The second-order valence-corrected chi connectivity index (χ2v) is 9.17. The van der Waals surface area contributed by atoms with Gasteiger partial charge in [0, 0.05) is 37.7 Å². The first kappa shape index (κ1) is 30.4. The summed E-state index contributed by atoms with van der Waals surface area (Å²) in [4.78, 5) is 42.0. The Hall–Kier alpha value is -2.64. The molecule has 0 unspecified atom stereocenters. The summed E-state index contributed by atoms with van der Waals surface area (Å²) in [7, 11) is 0. The zero-order valence-electron chi connectivity index (χ0n) is 21.5. The van der Waals surface area contributed by atoms with Gasteiger partial charge in [-0.15, -0.1) is 0 Å². The van der Waals surface area contributed by atoms with Crippen LogP contribution >= 0.6 is 0 Å². The zero-order chi connectivity index (χ0) is 25.6. The van der Waals surface area contributed by atoms with Gasteiger partial charge in [0.05, 0.1) is 6.33 Å². The van der Waals surface area contributed by atoms with E-state index >= 15 is 0 Å². The number of allylic oxidation sites excluding steroid dienone is 2. The zero-order valence-corrected chi connectivity index (χ0v) is 21.5. The third kappa shape index (κ3) is 17.4. The van der Waals surface area contributed by atoms with Gasteiger partial charge in [-0.2, -0.15) is 0 Å². The quantitative estimate of drug-likeness (QED) is 0.133. The molecule has 8 heteroatoms. The van der Waals surface area contributed by atoms with Gasteiger partial charge in [0.15, 0.2) is 0 Å². The average molecular weight is 491 g/mol. The maximum absolute atomic E-state index is 12.0. The number of carboxylic acid groups (broad SMARTS) is 1. The Morgan fingerprint density at radius 2 is 1.54 bits per heavy atom. The number of aromatic amines is 1. The number of aliphatic carboxylic acids is 1. The Labute approximate surface area is 210 Å². The van der Waals surface area contributed by atoms with E-state index in [0.717, 1.165) is 25.7 Å². The molecule has 0 aliphatic rings. The number of rotatable bonds is 22. The largest absolute Gasteiger partial charge is 0.480 e. The van der Waals surface area contributed by atoms with Crippen LogP contribution in [0.25, 0.3) is 0 Å². The van der Waals surface area contributed by atoms with E-state index in [9.17, 15) is 19.5 Å². The summed E-state index contributed by atoms with van der Waals surface area (Å²) in [5.74, 6) is -1.58. The number of nitrogens with one attached hydrogen (secondary N) is 3. The van der Waals surface area contributed by atoms with E-state index in [0.29, 0.717) is 12.1 Å². The molecule has 8 nitrogen and oxygen atoms in total. The SMILES string of the molecule is CCCCCCCCC=CCCCCCCCC(=O)NCCC(=O)N[C@@H](Cc1cnc[nH]1)C(=O)O. The number of carboxylic acids is 1. The number of carbonyl (C=O) groups is 3. The molecule has 1 heterocycles. The standard InChI is InChI=1S/C27H46N4O4/c1-2-3-4-5-6-7-8-9-10-11-12-13-14-15-16-17-25(32)29-19-18-26(33)31-24(27(34)35)20-23-21-28-22-30-23/h9-10,21-22,24H,2-8,11-20H2,1H3,(H,28,30)(H,29,32)(H,31,33)(H,34,35)/t24-/m0/s1. The van der Waals surface area contributed by atoms with Gasteiger partial charge in [-0.3, -0.25) is 9.59 Å². The molecule has 0 aromatic carbocycles. The van der Waals surface area contributed by atoms with Crippen LogP contribution in [0.4, 0.5) is 0 Å². The van der Waals surface area contributed by atoms with Crippen molar-refractivity contribution in [3.63, 3.8) is 0 Å². The van der Waals surface area contributed by atoms with Crippen LogP contribution in [0, 0.1) is 0 Å². The van der Waals surface area contributed by atoms with E-state index < -0.39 is 17.9 Å². The first-order valence-electron chi connectivity index (χ1n) is 13.4. The van der Waals surface area contributed by atoms with Crippen LogP contribution in [0.2, 0.25) is 0 Å². The van der Waals surface area contributed by atoms with Gasteiger partial charge in [-0.25, -0.2) is 9.78 Å². The fourth-order valence-corrected chi connectivity index (χ4v) is 3.84. The van der Waals surface area contributed by atoms with Gasteiger partial charge in [-0.1, -0.05) is 70.4 Å². The lowest BCUT2D eigenvalue weighted by Gasteiger charge is -2.13. The van der Waals surface area contributed by atoms with Gasteiger partial charge in [0.1, 0.15) is 6.04 Å². The lowest BCUT2D eigenvalue weighted by atomic mass is 10.1. The number of hydrogen-bond acceptors (Lipinski definition) is 4. The molecule has 1 aromatic rings. The van der Waals surface area contributed by atoms with Crippen LogP contribution in [0.3, 0.4) is 0 Å². The molecule has 0 saturated heterocycles. The van der Waals surface area contributed by atoms with Crippen molar-refractivity contribution in [2.24, 2.45) is 0 Å². The van der Waals surface area contributed by atoms with Gasteiger partial charge in [0.25, 0.3) is 0 Å². The number of aromatic nitrogens is 2. The second-order valence-electron chi connectivity index (χ2n) is 9.17. The summed E-state index contributed by atoms with van der Waals surface area (Å²) in [5, 5.41) is 14.5. The van der Waals surface area contributed by atoms with E-state index in [1.807, 2.05) is 0 Å². The summed E-state index contributed by atoms with van der Waals surface area (Å²) in [6, 6.07) is -1.03. The molecule has 0 aliphatic carbocycles. The van der Waals surface area contributed by atoms with E-state index in [2.05, 4.69) is 39.7 Å². The highest BCUT2D eigenvalue weighted by Gasteiger charge is 2.20. The number of unbranched alkanes of at least 4 members (excludes halogenated alkanes) is 11. The van der Waals surface area contributed by atoms with Gasteiger partial charge >= 0.3 is 5.97 Å². The first-order chi connectivity index (χ1) is 17.0. The highest BCUT2D eigenvalue weighted by Crippen LogP contribution is 2.10. The van der Waals surface area contributed by atoms with E-state index in [4.69, 9.17) is 0 Å². The Bertz CT molecular complexity index is 719. The maximum Gasteiger partial charge on any atom is 0.326 e. The monoisotopic (exact) mass is 490 g/mol. The third-order valence-corrected chi connectivity index (χ3v) is 5.95. The predicted molar refractivity (Wildman–Crippen MR) is 139 cm³/mol. The van der Waals surface area contributed by atoms with Crippen molar-refractivity contribution in [3.8, 4) is 0 Å². The normalized spacial score (nSPS) is 12.0. The topological polar surface area (TPSA) is 124 Å². The summed E-state index contributed by atoms with van der Waals surface area (Å²) in [6.45, 7) is 2.45. The van der Waals surface area contributed by atoms with Crippen molar-refractivity contribution in [2.75, 3.05) is 6.54 Å². The fraction of sp³-hybridized carbons (Fsp3) is 0.704. The molecule has 0 bridgehead atoms. The van der Waals surface area contributed by atoms with E-state index in [1.165, 1.54) is 70.3 Å². The molecular formula is C27H46N4O4. The molecule has 4 N–H and O–H groups in total. The summed E-state index contributed by atoms with van der Waals surface area (Å²) < 4.78 is 0. The molecular weight excluding hydrogens is 444 g/mol. The third-order valence-electron chi connectivity index (χ3n) is 5.95. The molecule has 0 fully saturated rings. The number of amides is 2. The van der Waals surface area contributed by atoms with Crippen LogP contribution in [0.5, 0.6) is 0 Å². The predicted octanol–water partition coefficient (Wildman–Crippen LogP) is 5.07. The van der Waals surface area contributed by atoms with Crippen molar-refractivity contribution in [1.82, 2.24) is 20.6 Å². The lowest BCUT2D eigenvalue weighted by Crippen LogP contribution is -2.43. The van der Waals surface area contributed by atoms with Crippen molar-refractivity contribution in [2.45, 2.75) is 116 Å². The number of carbonyl (C=O) groups excluding carboxylic acids is 2. The second kappa shape index (κ2) is 20.7. The summed E-state index contributed by atoms with van der Waals surface area (Å²) >= 11 is 0. The van der Waals surface area contributed by atoms with Crippen LogP contribution in [0.1, 0.15) is 109 Å². The summed E-state index contributed by atoms with van der Waals surface area (Å²) in [5.41, 5.74) is 0.631. The first-order valence-corrected chi connectivity index (χ1v) is 13.4. The minimum atomic E-state index is -1.11. The minimum Gasteiger partial charge on any atom is -0.480 e. The number of imidazole rings is 1. The van der Waals surface area contributed by atoms with Crippen LogP contribution in [0.15, 0.2) is 24.7 Å². The highest BCUT2D eigenvalue weighted by atomic mass is 16.4. The minimum absolute atomic E-state index is 0.0465. The molecule has 0 saturated carbocycles. The van der Waals surface area contributed by atoms with Gasteiger partial charge < -0.3 is 20.7 Å². The molecule has 2 amide bonds. The lowest BCUT2D eigenvalue weighted by molar-refractivity contribution is -0.141. The van der Waals surface area contributed by atoms with Crippen LogP contribution < -0.4 is 10.6 Å². The molecule has 1 aromatic heterocycles. The van der Waals surface area contributed by atoms with Crippen LogP contribution in [-0.4, -0.2) is 45.4 Å². The Morgan fingerprint density at radius 1 is 0.914 bits per heavy atom. The molecule has 35 heavy (non-hydrogen) atoms. The average Bonchev–Trinajstić information content (AvgIpc) is 3.34. The van der Waals surface area contributed by atoms with Gasteiger partial charge in [0.2, 0.25) is 11.8 Å². The van der Waals surface area contributed by atoms with Crippen molar-refractivity contribution < 1.29 is 19.5 Å². The number of nitrogens with zero attached hydrogens (tertiary/aromatic N) is 1. The molecule has 1 rings (SSSR count).